The van der Waals surface area contributed by atoms with Crippen molar-refractivity contribution in [2.45, 2.75) is 31.8 Å². The van der Waals surface area contributed by atoms with Crippen molar-refractivity contribution in [2.75, 3.05) is 20.1 Å². The molecule has 2 nitrogen and oxygen atoms in total. The van der Waals surface area contributed by atoms with Gasteiger partial charge in [0.2, 0.25) is 0 Å². The number of likely N-dealkylation sites (N-methyl/N-ethyl adjacent to an activating group) is 1. The molecule has 0 spiro atoms. The second kappa shape index (κ2) is 3.81. The van der Waals surface area contributed by atoms with Gasteiger partial charge in [-0.05, 0) is 25.8 Å². The molecule has 1 aliphatic carbocycles. The molecule has 1 fully saturated rings. The van der Waals surface area contributed by atoms with Gasteiger partial charge in [0, 0.05) is 25.2 Å². The van der Waals surface area contributed by atoms with E-state index in [2.05, 4.69) is 36.3 Å². The molecule has 1 aliphatic heterocycles. The lowest BCUT2D eigenvalue weighted by Gasteiger charge is -2.21. The zero-order valence-corrected chi connectivity index (χ0v) is 8.66. The largest absolute Gasteiger partial charge is 0.309 e. The third kappa shape index (κ3) is 2.12. The number of nitrogens with zero attached hydrogens (tertiary/aromatic N) is 1. The average Bonchev–Trinajstić information content (AvgIpc) is 2.63. The number of rotatable bonds is 2. The maximum Gasteiger partial charge on any atom is 0.0235 e. The summed E-state index contributed by atoms with van der Waals surface area (Å²) >= 11 is 0. The fourth-order valence-corrected chi connectivity index (χ4v) is 2.48. The molecule has 1 heterocycles. The summed E-state index contributed by atoms with van der Waals surface area (Å²) < 4.78 is 0. The van der Waals surface area contributed by atoms with Gasteiger partial charge in [-0.15, -0.1) is 0 Å². The average molecular weight is 180 g/mol. The molecule has 1 N–H and O–H groups in total. The van der Waals surface area contributed by atoms with Crippen molar-refractivity contribution in [3.63, 3.8) is 0 Å². The van der Waals surface area contributed by atoms with E-state index in [1.54, 1.807) is 0 Å². The first-order valence-corrected chi connectivity index (χ1v) is 5.35. The minimum absolute atomic E-state index is 0.718. The molecular formula is C11H20N2. The quantitative estimate of drug-likeness (QED) is 0.643. The van der Waals surface area contributed by atoms with Crippen LogP contribution in [0.4, 0.5) is 0 Å². The molecule has 0 aromatic rings. The van der Waals surface area contributed by atoms with E-state index in [0.29, 0.717) is 0 Å². The van der Waals surface area contributed by atoms with Crippen LogP contribution in [-0.4, -0.2) is 37.1 Å². The lowest BCUT2D eigenvalue weighted by Crippen LogP contribution is -2.41. The Balaban J connectivity index is 1.81. The molecule has 0 aromatic heterocycles. The third-order valence-electron chi connectivity index (χ3n) is 3.25. The van der Waals surface area contributed by atoms with Gasteiger partial charge in [-0.2, -0.15) is 0 Å². The van der Waals surface area contributed by atoms with Crippen molar-refractivity contribution < 1.29 is 0 Å². The molecule has 0 radical (unpaired) electrons. The van der Waals surface area contributed by atoms with Crippen molar-refractivity contribution in [1.29, 1.82) is 0 Å². The Bertz CT molecular complexity index is 192. The first-order valence-electron chi connectivity index (χ1n) is 5.35. The highest BCUT2D eigenvalue weighted by molar-refractivity contribution is 5.00. The summed E-state index contributed by atoms with van der Waals surface area (Å²) in [4.78, 5) is 2.42. The number of likely N-dealkylation sites (tertiary alicyclic amines) is 1. The van der Waals surface area contributed by atoms with Crippen LogP contribution in [0.5, 0.6) is 0 Å². The molecule has 74 valence electrons. The Hall–Kier alpha value is -0.340. The molecule has 1 saturated heterocycles. The van der Waals surface area contributed by atoms with Gasteiger partial charge in [-0.3, -0.25) is 0 Å². The summed E-state index contributed by atoms with van der Waals surface area (Å²) in [5.74, 6) is 0.811. The van der Waals surface area contributed by atoms with Crippen LogP contribution in [0.2, 0.25) is 0 Å². The van der Waals surface area contributed by atoms with Gasteiger partial charge in [0.25, 0.3) is 0 Å². The second-order valence-corrected chi connectivity index (χ2v) is 4.61. The highest BCUT2D eigenvalue weighted by atomic mass is 15.2. The van der Waals surface area contributed by atoms with E-state index in [4.69, 9.17) is 0 Å². The molecular weight excluding hydrogens is 160 g/mol. The first-order chi connectivity index (χ1) is 6.25. The van der Waals surface area contributed by atoms with Crippen molar-refractivity contribution in [2.24, 2.45) is 5.92 Å². The Kier molecular flexibility index (Phi) is 2.70. The summed E-state index contributed by atoms with van der Waals surface area (Å²) in [6, 6.07) is 1.44. The predicted octanol–water partition coefficient (Wildman–Crippen LogP) is 1.24. The number of hydrogen-bond donors (Lipinski definition) is 1. The zero-order valence-electron chi connectivity index (χ0n) is 8.66. The van der Waals surface area contributed by atoms with Crippen LogP contribution in [0, 0.1) is 5.92 Å². The third-order valence-corrected chi connectivity index (χ3v) is 3.25. The van der Waals surface area contributed by atoms with E-state index in [-0.39, 0.29) is 0 Å². The van der Waals surface area contributed by atoms with Gasteiger partial charge in [-0.1, -0.05) is 19.1 Å². The molecule has 13 heavy (non-hydrogen) atoms. The minimum Gasteiger partial charge on any atom is -0.309 e. The fraction of sp³-hybridized carbons (Fsp3) is 0.818. The van der Waals surface area contributed by atoms with Crippen molar-refractivity contribution >= 4 is 0 Å². The summed E-state index contributed by atoms with van der Waals surface area (Å²) in [6.07, 6.45) is 7.04. The van der Waals surface area contributed by atoms with Gasteiger partial charge in [0.1, 0.15) is 0 Å². The Morgan fingerprint density at radius 2 is 1.92 bits per heavy atom. The van der Waals surface area contributed by atoms with Crippen molar-refractivity contribution in [3.05, 3.63) is 12.2 Å². The minimum atomic E-state index is 0.718. The summed E-state index contributed by atoms with van der Waals surface area (Å²) in [5, 5.41) is 3.75. The van der Waals surface area contributed by atoms with Gasteiger partial charge in [-0.25, -0.2) is 0 Å². The van der Waals surface area contributed by atoms with E-state index in [1.807, 2.05) is 0 Å². The smallest absolute Gasteiger partial charge is 0.0235 e. The van der Waals surface area contributed by atoms with Gasteiger partial charge in [0.15, 0.2) is 0 Å². The predicted molar refractivity (Wildman–Crippen MR) is 55.7 cm³/mol. The molecule has 2 rings (SSSR count). The summed E-state index contributed by atoms with van der Waals surface area (Å²) in [5.41, 5.74) is 0. The molecule has 0 amide bonds. The summed E-state index contributed by atoms with van der Waals surface area (Å²) in [6.45, 7) is 4.82. The van der Waals surface area contributed by atoms with Crippen LogP contribution >= 0.6 is 0 Å². The number of nitrogens with one attached hydrogen (secondary N) is 1. The number of hydrogen-bond acceptors (Lipinski definition) is 2. The maximum absolute atomic E-state index is 3.75. The highest BCUT2D eigenvalue weighted by Crippen LogP contribution is 2.18. The van der Waals surface area contributed by atoms with E-state index in [0.717, 1.165) is 18.0 Å². The van der Waals surface area contributed by atoms with Crippen molar-refractivity contribution in [1.82, 2.24) is 10.2 Å². The Morgan fingerprint density at radius 1 is 1.23 bits per heavy atom. The lowest BCUT2D eigenvalue weighted by atomic mass is 10.0. The molecule has 2 heteroatoms. The molecule has 2 aliphatic rings. The molecule has 0 bridgehead atoms. The van der Waals surface area contributed by atoms with Crippen LogP contribution in [0.3, 0.4) is 0 Å². The van der Waals surface area contributed by atoms with Crippen LogP contribution in [0.25, 0.3) is 0 Å². The molecule has 0 aromatic carbocycles. The van der Waals surface area contributed by atoms with Crippen LogP contribution in [-0.2, 0) is 0 Å². The molecule has 2 atom stereocenters. The van der Waals surface area contributed by atoms with Crippen molar-refractivity contribution in [3.8, 4) is 0 Å². The fourth-order valence-electron chi connectivity index (χ4n) is 2.48. The zero-order chi connectivity index (χ0) is 9.26. The maximum atomic E-state index is 3.75. The standard InChI is InChI=1S/C11H20N2/c1-9-7-13(2)8-11(9)12-10-5-3-4-6-10/h3-4,9-12H,5-8H2,1-2H3. The molecule has 0 saturated carbocycles. The van der Waals surface area contributed by atoms with E-state index < -0.39 is 0 Å². The van der Waals surface area contributed by atoms with Gasteiger partial charge >= 0.3 is 0 Å². The normalized spacial score (nSPS) is 36.2. The van der Waals surface area contributed by atoms with Crippen LogP contribution < -0.4 is 5.32 Å². The van der Waals surface area contributed by atoms with E-state index >= 15 is 0 Å². The molecule has 2 unspecified atom stereocenters. The topological polar surface area (TPSA) is 15.3 Å². The SMILES string of the molecule is CC1CN(C)CC1NC1CC=CC1. The Labute approximate surface area is 81.0 Å². The second-order valence-electron chi connectivity index (χ2n) is 4.61. The summed E-state index contributed by atoms with van der Waals surface area (Å²) in [7, 11) is 2.21. The highest BCUT2D eigenvalue weighted by Gasteiger charge is 2.28. The monoisotopic (exact) mass is 180 g/mol. The van der Waals surface area contributed by atoms with E-state index in [9.17, 15) is 0 Å². The van der Waals surface area contributed by atoms with E-state index in [1.165, 1.54) is 25.9 Å². The van der Waals surface area contributed by atoms with Gasteiger partial charge in [0.05, 0.1) is 0 Å². The first kappa shape index (κ1) is 9.22. The van der Waals surface area contributed by atoms with Crippen LogP contribution in [0.1, 0.15) is 19.8 Å². The Morgan fingerprint density at radius 3 is 2.46 bits per heavy atom. The lowest BCUT2D eigenvalue weighted by molar-refractivity contribution is 0.381. The van der Waals surface area contributed by atoms with Crippen LogP contribution in [0.15, 0.2) is 12.2 Å². The van der Waals surface area contributed by atoms with Gasteiger partial charge < -0.3 is 10.2 Å².